The zero-order valence-electron chi connectivity index (χ0n) is 10.1. The highest BCUT2D eigenvalue weighted by molar-refractivity contribution is 4.90. The molecule has 2 atom stereocenters. The molecule has 0 bridgehead atoms. The molecule has 14 heavy (non-hydrogen) atoms. The average molecular weight is 198 g/mol. The molecule has 1 aliphatic rings. The van der Waals surface area contributed by atoms with E-state index >= 15 is 0 Å². The van der Waals surface area contributed by atoms with Crippen molar-refractivity contribution in [3.8, 4) is 0 Å². The number of hydrogen-bond acceptors (Lipinski definition) is 2. The second-order valence-electron chi connectivity index (χ2n) is 4.94. The van der Waals surface area contributed by atoms with Crippen molar-refractivity contribution >= 4 is 0 Å². The minimum Gasteiger partial charge on any atom is -0.329 e. The number of hydrogen-bond donors (Lipinski definition) is 1. The molecule has 0 amide bonds. The molecule has 1 heterocycles. The first kappa shape index (κ1) is 12.0. The van der Waals surface area contributed by atoms with Crippen LogP contribution in [0.25, 0.3) is 0 Å². The Morgan fingerprint density at radius 2 is 2.14 bits per heavy atom. The van der Waals surface area contributed by atoms with E-state index in [1.807, 2.05) is 0 Å². The van der Waals surface area contributed by atoms with Crippen LogP contribution in [0.15, 0.2) is 0 Å². The Morgan fingerprint density at radius 1 is 1.43 bits per heavy atom. The van der Waals surface area contributed by atoms with E-state index in [1.165, 1.54) is 38.8 Å². The van der Waals surface area contributed by atoms with E-state index in [1.54, 1.807) is 0 Å². The molecule has 1 fully saturated rings. The summed E-state index contributed by atoms with van der Waals surface area (Å²) in [7, 11) is 0. The Morgan fingerprint density at radius 3 is 2.64 bits per heavy atom. The van der Waals surface area contributed by atoms with Gasteiger partial charge in [0.05, 0.1) is 0 Å². The zero-order valence-corrected chi connectivity index (χ0v) is 10.1. The van der Waals surface area contributed by atoms with Crippen molar-refractivity contribution in [1.29, 1.82) is 0 Å². The van der Waals surface area contributed by atoms with Crippen LogP contribution in [0.4, 0.5) is 0 Å². The maximum Gasteiger partial charge on any atom is 0.0301 e. The van der Waals surface area contributed by atoms with Crippen LogP contribution in [0.1, 0.15) is 46.5 Å². The highest BCUT2D eigenvalue weighted by Gasteiger charge is 2.33. The van der Waals surface area contributed by atoms with Gasteiger partial charge in [-0.25, -0.2) is 0 Å². The summed E-state index contributed by atoms with van der Waals surface area (Å²) in [6, 6.07) is 0. The van der Waals surface area contributed by atoms with E-state index in [-0.39, 0.29) is 5.54 Å². The molecule has 2 heteroatoms. The quantitative estimate of drug-likeness (QED) is 0.734. The van der Waals surface area contributed by atoms with Gasteiger partial charge in [-0.1, -0.05) is 20.3 Å². The lowest BCUT2D eigenvalue weighted by Crippen LogP contribution is -2.50. The number of nitrogens with two attached hydrogens (primary N) is 1. The Bertz CT molecular complexity index is 164. The lowest BCUT2D eigenvalue weighted by atomic mass is 9.96. The van der Waals surface area contributed by atoms with Gasteiger partial charge in [-0.3, -0.25) is 4.90 Å². The van der Waals surface area contributed by atoms with E-state index in [9.17, 15) is 0 Å². The fourth-order valence-electron chi connectivity index (χ4n) is 2.46. The van der Waals surface area contributed by atoms with Crippen LogP contribution < -0.4 is 5.73 Å². The van der Waals surface area contributed by atoms with Crippen molar-refractivity contribution in [2.75, 3.05) is 19.6 Å². The third kappa shape index (κ3) is 2.48. The summed E-state index contributed by atoms with van der Waals surface area (Å²) >= 11 is 0. The molecule has 0 spiro atoms. The standard InChI is InChI=1S/C12H26N2/c1-4-6-11-7-8-14(9-11)12(3,5-2)10-13/h11H,4-10,13H2,1-3H3. The van der Waals surface area contributed by atoms with E-state index < -0.39 is 0 Å². The van der Waals surface area contributed by atoms with Gasteiger partial charge in [0.25, 0.3) is 0 Å². The van der Waals surface area contributed by atoms with Crippen LogP contribution >= 0.6 is 0 Å². The molecule has 84 valence electrons. The van der Waals surface area contributed by atoms with Gasteiger partial charge in [-0.2, -0.15) is 0 Å². The molecule has 1 rings (SSSR count). The molecule has 1 aliphatic heterocycles. The summed E-state index contributed by atoms with van der Waals surface area (Å²) in [6.07, 6.45) is 5.26. The normalized spacial score (nSPS) is 27.9. The molecule has 0 aromatic heterocycles. The molecule has 2 unspecified atom stereocenters. The predicted molar refractivity (Wildman–Crippen MR) is 62.3 cm³/mol. The SMILES string of the molecule is CCCC1CCN(C(C)(CC)CN)C1. The minimum atomic E-state index is 0.252. The first-order valence-electron chi connectivity index (χ1n) is 6.11. The van der Waals surface area contributed by atoms with Crippen LogP contribution in [-0.4, -0.2) is 30.1 Å². The van der Waals surface area contributed by atoms with Gasteiger partial charge in [0.2, 0.25) is 0 Å². The van der Waals surface area contributed by atoms with Crippen molar-refractivity contribution in [2.24, 2.45) is 11.7 Å². The van der Waals surface area contributed by atoms with Gasteiger partial charge in [0.15, 0.2) is 0 Å². The molecule has 1 saturated heterocycles. The summed E-state index contributed by atoms with van der Waals surface area (Å²) in [5.41, 5.74) is 6.13. The van der Waals surface area contributed by atoms with Crippen LogP contribution in [0.2, 0.25) is 0 Å². The van der Waals surface area contributed by atoms with Crippen LogP contribution in [0.3, 0.4) is 0 Å². The van der Waals surface area contributed by atoms with Gasteiger partial charge >= 0.3 is 0 Å². The Hall–Kier alpha value is -0.0800. The maximum atomic E-state index is 5.88. The van der Waals surface area contributed by atoms with Crippen molar-refractivity contribution in [2.45, 2.75) is 52.0 Å². The van der Waals surface area contributed by atoms with E-state index in [2.05, 4.69) is 25.7 Å². The molecule has 0 radical (unpaired) electrons. The fraction of sp³-hybridized carbons (Fsp3) is 1.00. The topological polar surface area (TPSA) is 29.3 Å². The maximum absolute atomic E-state index is 5.88. The van der Waals surface area contributed by atoms with Crippen molar-refractivity contribution in [3.63, 3.8) is 0 Å². The van der Waals surface area contributed by atoms with E-state index in [0.29, 0.717) is 0 Å². The Balaban J connectivity index is 2.47. The van der Waals surface area contributed by atoms with E-state index in [0.717, 1.165) is 12.5 Å². The minimum absolute atomic E-state index is 0.252. The molecule has 2 nitrogen and oxygen atoms in total. The largest absolute Gasteiger partial charge is 0.329 e. The number of nitrogens with zero attached hydrogens (tertiary/aromatic N) is 1. The lowest BCUT2D eigenvalue weighted by Gasteiger charge is -2.37. The monoisotopic (exact) mass is 198 g/mol. The second-order valence-corrected chi connectivity index (χ2v) is 4.94. The van der Waals surface area contributed by atoms with Gasteiger partial charge in [0, 0.05) is 18.6 Å². The molecule has 0 aliphatic carbocycles. The highest BCUT2D eigenvalue weighted by atomic mass is 15.2. The third-order valence-corrected chi connectivity index (χ3v) is 3.95. The molecular formula is C12H26N2. The highest BCUT2D eigenvalue weighted by Crippen LogP contribution is 2.28. The van der Waals surface area contributed by atoms with Crippen LogP contribution in [0, 0.1) is 5.92 Å². The number of likely N-dealkylation sites (tertiary alicyclic amines) is 1. The van der Waals surface area contributed by atoms with Crippen molar-refractivity contribution in [1.82, 2.24) is 4.90 Å². The second kappa shape index (κ2) is 5.13. The first-order valence-corrected chi connectivity index (χ1v) is 6.11. The van der Waals surface area contributed by atoms with Gasteiger partial charge in [-0.15, -0.1) is 0 Å². The van der Waals surface area contributed by atoms with Crippen LogP contribution in [-0.2, 0) is 0 Å². The molecule has 0 aromatic rings. The third-order valence-electron chi connectivity index (χ3n) is 3.95. The summed E-state index contributed by atoms with van der Waals surface area (Å²) in [5, 5.41) is 0. The van der Waals surface area contributed by atoms with Crippen LogP contribution in [0.5, 0.6) is 0 Å². The van der Waals surface area contributed by atoms with Crippen molar-refractivity contribution in [3.05, 3.63) is 0 Å². The van der Waals surface area contributed by atoms with Gasteiger partial charge in [-0.05, 0) is 38.6 Å². The summed E-state index contributed by atoms with van der Waals surface area (Å²) in [5.74, 6) is 0.928. The van der Waals surface area contributed by atoms with Gasteiger partial charge < -0.3 is 5.73 Å². The predicted octanol–water partition coefficient (Wildman–Crippen LogP) is 2.24. The molecule has 0 aromatic carbocycles. The summed E-state index contributed by atoms with van der Waals surface area (Å²) in [6.45, 7) is 10.2. The summed E-state index contributed by atoms with van der Waals surface area (Å²) < 4.78 is 0. The molecule has 0 saturated carbocycles. The molecule has 2 N–H and O–H groups in total. The lowest BCUT2D eigenvalue weighted by molar-refractivity contribution is 0.132. The van der Waals surface area contributed by atoms with E-state index in [4.69, 9.17) is 5.73 Å². The first-order chi connectivity index (χ1) is 6.66. The zero-order chi connectivity index (χ0) is 10.6. The van der Waals surface area contributed by atoms with Gasteiger partial charge in [0.1, 0.15) is 0 Å². The summed E-state index contributed by atoms with van der Waals surface area (Å²) in [4.78, 5) is 2.60. The fourth-order valence-corrected chi connectivity index (χ4v) is 2.46. The number of rotatable bonds is 5. The smallest absolute Gasteiger partial charge is 0.0301 e. The average Bonchev–Trinajstić information content (AvgIpc) is 2.66. The molecular weight excluding hydrogens is 172 g/mol. The Labute approximate surface area is 88.8 Å². The Kier molecular flexibility index (Phi) is 4.39. The van der Waals surface area contributed by atoms with Crippen molar-refractivity contribution < 1.29 is 0 Å².